The number of hydrogen-bond acceptors (Lipinski definition) is 3. The van der Waals surface area contributed by atoms with E-state index in [2.05, 4.69) is 16.9 Å². The SMILES string of the molecule is CSc1nc(Cl)c2c(n1)CC(C)C2. The third-order valence-corrected chi connectivity index (χ3v) is 3.16. The van der Waals surface area contributed by atoms with Gasteiger partial charge in [-0.25, -0.2) is 9.97 Å². The zero-order chi connectivity index (χ0) is 9.42. The average molecular weight is 215 g/mol. The second kappa shape index (κ2) is 3.46. The number of rotatable bonds is 1. The quantitative estimate of drug-likeness (QED) is 0.408. The lowest BCUT2D eigenvalue weighted by molar-refractivity contribution is 0.623. The van der Waals surface area contributed by atoms with E-state index in [1.54, 1.807) is 11.8 Å². The highest BCUT2D eigenvalue weighted by Gasteiger charge is 2.23. The van der Waals surface area contributed by atoms with Gasteiger partial charge in [0.05, 0.1) is 0 Å². The summed E-state index contributed by atoms with van der Waals surface area (Å²) in [6.07, 6.45) is 4.05. The van der Waals surface area contributed by atoms with Gasteiger partial charge in [-0.15, -0.1) is 0 Å². The summed E-state index contributed by atoms with van der Waals surface area (Å²) in [7, 11) is 0. The molecule has 1 aromatic heterocycles. The Morgan fingerprint density at radius 3 is 2.85 bits per heavy atom. The monoisotopic (exact) mass is 214 g/mol. The standard InChI is InChI=1S/C9H11ClN2S/c1-5-3-6-7(4-5)11-9(13-2)12-8(6)10/h5H,3-4H2,1-2H3. The molecule has 1 unspecified atom stereocenters. The predicted molar refractivity (Wildman–Crippen MR) is 55.4 cm³/mol. The summed E-state index contributed by atoms with van der Waals surface area (Å²) >= 11 is 7.60. The predicted octanol–water partition coefficient (Wildman–Crippen LogP) is 2.59. The van der Waals surface area contributed by atoms with Gasteiger partial charge < -0.3 is 0 Å². The largest absolute Gasteiger partial charge is 0.227 e. The molecule has 4 heteroatoms. The molecule has 0 radical (unpaired) electrons. The van der Waals surface area contributed by atoms with E-state index in [9.17, 15) is 0 Å². The minimum Gasteiger partial charge on any atom is -0.227 e. The van der Waals surface area contributed by atoms with Crippen LogP contribution in [0.2, 0.25) is 5.15 Å². The molecular weight excluding hydrogens is 204 g/mol. The summed E-state index contributed by atoms with van der Waals surface area (Å²) in [5.74, 6) is 0.666. The summed E-state index contributed by atoms with van der Waals surface area (Å²) in [6.45, 7) is 2.22. The van der Waals surface area contributed by atoms with Crippen LogP contribution in [0.25, 0.3) is 0 Å². The summed E-state index contributed by atoms with van der Waals surface area (Å²) in [5, 5.41) is 1.44. The first-order chi connectivity index (χ1) is 6.20. The molecule has 0 fully saturated rings. The fourth-order valence-electron chi connectivity index (χ4n) is 1.69. The topological polar surface area (TPSA) is 25.8 Å². The Bertz CT molecular complexity index is 341. The molecule has 1 heterocycles. The van der Waals surface area contributed by atoms with Gasteiger partial charge in [-0.1, -0.05) is 30.3 Å². The minimum absolute atomic E-state index is 0.652. The minimum atomic E-state index is 0.652. The summed E-state index contributed by atoms with van der Waals surface area (Å²) in [6, 6.07) is 0. The molecule has 70 valence electrons. The van der Waals surface area contributed by atoms with Crippen LogP contribution in [0.15, 0.2) is 5.16 Å². The van der Waals surface area contributed by atoms with Crippen molar-refractivity contribution in [1.29, 1.82) is 0 Å². The highest BCUT2D eigenvalue weighted by atomic mass is 35.5. The van der Waals surface area contributed by atoms with E-state index < -0.39 is 0 Å². The van der Waals surface area contributed by atoms with Crippen LogP contribution in [0, 0.1) is 5.92 Å². The molecule has 0 aliphatic heterocycles. The molecule has 2 rings (SSSR count). The lowest BCUT2D eigenvalue weighted by atomic mass is 10.1. The van der Waals surface area contributed by atoms with Crippen LogP contribution in [-0.4, -0.2) is 16.2 Å². The van der Waals surface area contributed by atoms with Crippen molar-refractivity contribution in [2.75, 3.05) is 6.26 Å². The highest BCUT2D eigenvalue weighted by molar-refractivity contribution is 7.98. The molecule has 0 saturated carbocycles. The number of fused-ring (bicyclic) bond motifs is 1. The van der Waals surface area contributed by atoms with E-state index in [1.165, 1.54) is 0 Å². The molecule has 0 amide bonds. The average Bonchev–Trinajstić information content (AvgIpc) is 2.46. The number of hydrogen-bond donors (Lipinski definition) is 0. The van der Waals surface area contributed by atoms with Gasteiger partial charge in [0.2, 0.25) is 0 Å². The number of halogens is 1. The van der Waals surface area contributed by atoms with Crippen LogP contribution in [0.5, 0.6) is 0 Å². The molecule has 1 atom stereocenters. The molecule has 1 aromatic rings. The lowest BCUT2D eigenvalue weighted by Gasteiger charge is -2.02. The van der Waals surface area contributed by atoms with Crippen LogP contribution < -0.4 is 0 Å². The normalized spacial score (nSPS) is 20.4. The van der Waals surface area contributed by atoms with E-state index in [0.29, 0.717) is 11.1 Å². The molecule has 0 N–H and O–H groups in total. The summed E-state index contributed by atoms with van der Waals surface area (Å²) in [5.41, 5.74) is 2.31. The maximum atomic E-state index is 6.05. The second-order valence-electron chi connectivity index (χ2n) is 3.44. The van der Waals surface area contributed by atoms with Crippen molar-refractivity contribution < 1.29 is 0 Å². The first-order valence-electron chi connectivity index (χ1n) is 4.30. The maximum Gasteiger partial charge on any atom is 0.188 e. The van der Waals surface area contributed by atoms with Crippen molar-refractivity contribution >= 4 is 23.4 Å². The van der Waals surface area contributed by atoms with Gasteiger partial charge >= 0.3 is 0 Å². The molecule has 0 spiro atoms. The summed E-state index contributed by atoms with van der Waals surface area (Å²) in [4.78, 5) is 8.67. The molecule has 1 aliphatic carbocycles. The molecule has 0 saturated heterocycles. The van der Waals surface area contributed by atoms with Gasteiger partial charge in [-0.2, -0.15) is 0 Å². The van der Waals surface area contributed by atoms with Gasteiger partial charge in [0, 0.05) is 11.3 Å². The van der Waals surface area contributed by atoms with E-state index >= 15 is 0 Å². The Morgan fingerprint density at radius 2 is 2.15 bits per heavy atom. The van der Waals surface area contributed by atoms with Crippen molar-refractivity contribution in [3.05, 3.63) is 16.4 Å². The van der Waals surface area contributed by atoms with Gasteiger partial charge in [0.25, 0.3) is 0 Å². The highest BCUT2D eigenvalue weighted by Crippen LogP contribution is 2.30. The first kappa shape index (κ1) is 9.28. The van der Waals surface area contributed by atoms with Crippen molar-refractivity contribution in [3.8, 4) is 0 Å². The van der Waals surface area contributed by atoms with Crippen molar-refractivity contribution in [2.45, 2.75) is 24.9 Å². The Hall–Kier alpha value is -0.280. The maximum absolute atomic E-state index is 6.05. The van der Waals surface area contributed by atoms with Gasteiger partial charge in [0.15, 0.2) is 5.16 Å². The van der Waals surface area contributed by atoms with Gasteiger partial charge in [-0.05, 0) is 25.0 Å². The third-order valence-electron chi connectivity index (χ3n) is 2.30. The second-order valence-corrected chi connectivity index (χ2v) is 4.57. The molecule has 1 aliphatic rings. The van der Waals surface area contributed by atoms with E-state index in [-0.39, 0.29) is 0 Å². The summed E-state index contributed by atoms with van der Waals surface area (Å²) < 4.78 is 0. The number of nitrogens with zero attached hydrogens (tertiary/aromatic N) is 2. The van der Waals surface area contributed by atoms with E-state index in [1.807, 2.05) is 6.26 Å². The Kier molecular flexibility index (Phi) is 2.47. The van der Waals surface area contributed by atoms with Crippen molar-refractivity contribution in [3.63, 3.8) is 0 Å². The molecule has 2 nitrogen and oxygen atoms in total. The van der Waals surface area contributed by atoms with Crippen LogP contribution in [-0.2, 0) is 12.8 Å². The Labute approximate surface area is 87.1 Å². The molecule has 0 bridgehead atoms. The number of thioether (sulfide) groups is 1. The van der Waals surface area contributed by atoms with E-state index in [4.69, 9.17) is 11.6 Å². The van der Waals surface area contributed by atoms with Crippen LogP contribution in [0.4, 0.5) is 0 Å². The van der Waals surface area contributed by atoms with Gasteiger partial charge in [-0.3, -0.25) is 0 Å². The zero-order valence-electron chi connectivity index (χ0n) is 7.67. The van der Waals surface area contributed by atoms with E-state index in [0.717, 1.165) is 29.3 Å². The molecule has 13 heavy (non-hydrogen) atoms. The van der Waals surface area contributed by atoms with Crippen LogP contribution >= 0.6 is 23.4 Å². The van der Waals surface area contributed by atoms with Crippen molar-refractivity contribution in [1.82, 2.24) is 9.97 Å². The fourth-order valence-corrected chi connectivity index (χ4v) is 2.39. The zero-order valence-corrected chi connectivity index (χ0v) is 9.24. The first-order valence-corrected chi connectivity index (χ1v) is 5.90. The lowest BCUT2D eigenvalue weighted by Crippen LogP contribution is -1.95. The Morgan fingerprint density at radius 1 is 1.38 bits per heavy atom. The Balaban J connectivity index is 2.46. The number of aromatic nitrogens is 2. The molecule has 0 aromatic carbocycles. The van der Waals surface area contributed by atoms with Crippen LogP contribution in [0.3, 0.4) is 0 Å². The van der Waals surface area contributed by atoms with Crippen molar-refractivity contribution in [2.24, 2.45) is 5.92 Å². The fraction of sp³-hybridized carbons (Fsp3) is 0.556. The third kappa shape index (κ3) is 1.67. The van der Waals surface area contributed by atoms with Crippen LogP contribution in [0.1, 0.15) is 18.2 Å². The van der Waals surface area contributed by atoms with Gasteiger partial charge in [0.1, 0.15) is 5.15 Å². The smallest absolute Gasteiger partial charge is 0.188 e. The molecular formula is C9H11ClN2S.